The molecule has 2 aliphatic rings. The molecule has 2 fully saturated rings. The molecular formula is C18H18Cl2N2. The summed E-state index contributed by atoms with van der Waals surface area (Å²) in [6.07, 6.45) is 7.67. The molecule has 2 aromatic rings. The van der Waals surface area contributed by atoms with Crippen LogP contribution >= 0.6 is 23.2 Å². The second kappa shape index (κ2) is 5.43. The maximum absolute atomic E-state index is 6.11. The summed E-state index contributed by atoms with van der Waals surface area (Å²) in [6, 6.07) is 10.1. The van der Waals surface area contributed by atoms with Crippen molar-refractivity contribution in [1.29, 1.82) is 0 Å². The SMILES string of the molecule is Clc1ccc(N2CC3(CC(Cc4cccnc4)C3)C2)cc1Cl. The van der Waals surface area contributed by atoms with Gasteiger partial charge in [-0.3, -0.25) is 4.98 Å². The van der Waals surface area contributed by atoms with Crippen LogP contribution in [0.4, 0.5) is 5.69 Å². The zero-order chi connectivity index (χ0) is 15.2. The molecule has 22 heavy (non-hydrogen) atoms. The number of nitrogens with zero attached hydrogens (tertiary/aromatic N) is 2. The molecule has 1 aromatic heterocycles. The second-order valence-corrected chi connectivity index (χ2v) is 7.61. The summed E-state index contributed by atoms with van der Waals surface area (Å²) in [5.41, 5.74) is 3.10. The second-order valence-electron chi connectivity index (χ2n) is 6.79. The molecule has 2 nitrogen and oxygen atoms in total. The van der Waals surface area contributed by atoms with Crippen molar-refractivity contribution in [2.24, 2.45) is 11.3 Å². The molecule has 0 unspecified atom stereocenters. The fourth-order valence-corrected chi connectivity index (χ4v) is 4.34. The van der Waals surface area contributed by atoms with Gasteiger partial charge in [-0.25, -0.2) is 0 Å². The smallest absolute Gasteiger partial charge is 0.0612 e. The van der Waals surface area contributed by atoms with Crippen molar-refractivity contribution in [3.63, 3.8) is 0 Å². The van der Waals surface area contributed by atoms with E-state index in [0.717, 1.165) is 19.0 Å². The van der Waals surface area contributed by atoms with Crippen LogP contribution in [0.3, 0.4) is 0 Å². The Bertz CT molecular complexity index is 673. The molecular weight excluding hydrogens is 315 g/mol. The van der Waals surface area contributed by atoms with E-state index in [0.29, 0.717) is 15.5 Å². The Hall–Kier alpha value is -1.25. The van der Waals surface area contributed by atoms with Crippen molar-refractivity contribution in [3.05, 3.63) is 58.3 Å². The third kappa shape index (κ3) is 2.59. The fraction of sp³-hybridized carbons (Fsp3) is 0.389. The first-order chi connectivity index (χ1) is 10.6. The van der Waals surface area contributed by atoms with Gasteiger partial charge in [0.1, 0.15) is 0 Å². The molecule has 1 saturated heterocycles. The molecule has 0 N–H and O–H groups in total. The average Bonchev–Trinajstić information content (AvgIpc) is 2.44. The molecule has 1 aliphatic carbocycles. The van der Waals surface area contributed by atoms with Gasteiger partial charge in [0, 0.05) is 36.6 Å². The van der Waals surface area contributed by atoms with E-state index in [1.54, 1.807) is 0 Å². The van der Waals surface area contributed by atoms with Gasteiger partial charge in [-0.1, -0.05) is 29.3 Å². The molecule has 1 saturated carbocycles. The standard InChI is InChI=1S/C18H18Cl2N2/c19-16-4-3-15(7-17(16)20)22-11-18(12-22)8-14(9-18)6-13-2-1-5-21-10-13/h1-5,7,10,14H,6,8-9,11-12H2. The van der Waals surface area contributed by atoms with Crippen LogP contribution in [0, 0.1) is 11.3 Å². The number of benzene rings is 1. The van der Waals surface area contributed by atoms with E-state index >= 15 is 0 Å². The summed E-state index contributed by atoms with van der Waals surface area (Å²) in [4.78, 5) is 6.61. The Labute approximate surface area is 141 Å². The van der Waals surface area contributed by atoms with Gasteiger partial charge in [-0.2, -0.15) is 0 Å². The summed E-state index contributed by atoms with van der Waals surface area (Å²) < 4.78 is 0. The van der Waals surface area contributed by atoms with E-state index in [4.69, 9.17) is 23.2 Å². The maximum atomic E-state index is 6.11. The topological polar surface area (TPSA) is 16.1 Å². The lowest BCUT2D eigenvalue weighted by atomic mass is 9.56. The number of aromatic nitrogens is 1. The molecule has 1 aliphatic heterocycles. The number of hydrogen-bond acceptors (Lipinski definition) is 2. The first-order valence-electron chi connectivity index (χ1n) is 7.72. The molecule has 4 rings (SSSR count). The van der Waals surface area contributed by atoms with E-state index in [1.165, 1.54) is 30.5 Å². The third-order valence-electron chi connectivity index (χ3n) is 5.01. The first-order valence-corrected chi connectivity index (χ1v) is 8.48. The fourth-order valence-electron chi connectivity index (χ4n) is 4.05. The van der Waals surface area contributed by atoms with Gasteiger partial charge in [0.2, 0.25) is 0 Å². The lowest BCUT2D eigenvalue weighted by Gasteiger charge is -2.60. The predicted molar refractivity (Wildman–Crippen MR) is 91.8 cm³/mol. The lowest BCUT2D eigenvalue weighted by Crippen LogP contribution is -2.62. The Balaban J connectivity index is 1.32. The molecule has 1 spiro atoms. The minimum Gasteiger partial charge on any atom is -0.370 e. The number of anilines is 1. The Morgan fingerprint density at radius 2 is 1.95 bits per heavy atom. The lowest BCUT2D eigenvalue weighted by molar-refractivity contribution is 0.0240. The zero-order valence-electron chi connectivity index (χ0n) is 12.3. The van der Waals surface area contributed by atoms with E-state index in [9.17, 15) is 0 Å². The van der Waals surface area contributed by atoms with Crippen LogP contribution in [0.15, 0.2) is 42.7 Å². The molecule has 0 bridgehead atoms. The molecule has 0 amide bonds. The van der Waals surface area contributed by atoms with Gasteiger partial charge in [0.15, 0.2) is 0 Å². The normalized spacial score (nSPS) is 19.8. The van der Waals surface area contributed by atoms with Gasteiger partial charge < -0.3 is 4.90 Å². The summed E-state index contributed by atoms with van der Waals surface area (Å²) in [5, 5.41) is 1.27. The Kier molecular flexibility index (Phi) is 3.54. The number of hydrogen-bond donors (Lipinski definition) is 0. The highest BCUT2D eigenvalue weighted by atomic mass is 35.5. The van der Waals surface area contributed by atoms with Crippen molar-refractivity contribution in [3.8, 4) is 0 Å². The van der Waals surface area contributed by atoms with Crippen molar-refractivity contribution in [2.45, 2.75) is 19.3 Å². The number of halogens is 2. The summed E-state index contributed by atoms with van der Waals surface area (Å²) in [7, 11) is 0. The minimum atomic E-state index is 0.541. The van der Waals surface area contributed by atoms with Gasteiger partial charge in [-0.15, -0.1) is 0 Å². The Morgan fingerprint density at radius 3 is 2.64 bits per heavy atom. The van der Waals surface area contributed by atoms with Crippen LogP contribution in [0.2, 0.25) is 10.0 Å². The highest BCUT2D eigenvalue weighted by Gasteiger charge is 2.51. The van der Waals surface area contributed by atoms with Crippen LogP contribution in [0.1, 0.15) is 18.4 Å². The largest absolute Gasteiger partial charge is 0.370 e. The predicted octanol–water partition coefficient (Wildman–Crippen LogP) is 4.85. The number of pyridine rings is 1. The molecule has 1 aromatic carbocycles. The van der Waals surface area contributed by atoms with Gasteiger partial charge in [-0.05, 0) is 55.0 Å². The third-order valence-corrected chi connectivity index (χ3v) is 5.75. The molecule has 0 radical (unpaired) electrons. The number of rotatable bonds is 3. The first kappa shape index (κ1) is 14.3. The van der Waals surface area contributed by atoms with E-state index < -0.39 is 0 Å². The van der Waals surface area contributed by atoms with Crippen molar-refractivity contribution in [2.75, 3.05) is 18.0 Å². The summed E-state index contributed by atoms with van der Waals surface area (Å²) in [5.74, 6) is 0.820. The van der Waals surface area contributed by atoms with Crippen molar-refractivity contribution in [1.82, 2.24) is 4.98 Å². The zero-order valence-corrected chi connectivity index (χ0v) is 13.8. The van der Waals surface area contributed by atoms with E-state index in [2.05, 4.69) is 22.0 Å². The van der Waals surface area contributed by atoms with Gasteiger partial charge in [0.25, 0.3) is 0 Å². The molecule has 2 heterocycles. The highest BCUT2D eigenvalue weighted by Crippen LogP contribution is 2.53. The van der Waals surface area contributed by atoms with Crippen LogP contribution in [0.5, 0.6) is 0 Å². The molecule has 4 heteroatoms. The van der Waals surface area contributed by atoms with E-state index in [-0.39, 0.29) is 0 Å². The van der Waals surface area contributed by atoms with Crippen LogP contribution in [-0.2, 0) is 6.42 Å². The quantitative estimate of drug-likeness (QED) is 0.798. The van der Waals surface area contributed by atoms with Crippen molar-refractivity contribution < 1.29 is 0 Å². The van der Waals surface area contributed by atoms with Crippen LogP contribution < -0.4 is 4.90 Å². The van der Waals surface area contributed by atoms with Crippen LogP contribution in [0.25, 0.3) is 0 Å². The molecule has 0 atom stereocenters. The summed E-state index contributed by atoms with van der Waals surface area (Å²) in [6.45, 7) is 2.29. The highest BCUT2D eigenvalue weighted by molar-refractivity contribution is 6.42. The van der Waals surface area contributed by atoms with E-state index in [1.807, 2.05) is 30.6 Å². The average molecular weight is 333 g/mol. The van der Waals surface area contributed by atoms with Gasteiger partial charge in [0.05, 0.1) is 10.0 Å². The molecule has 114 valence electrons. The summed E-state index contributed by atoms with van der Waals surface area (Å²) >= 11 is 12.1. The maximum Gasteiger partial charge on any atom is 0.0612 e. The Morgan fingerprint density at radius 1 is 1.14 bits per heavy atom. The minimum absolute atomic E-state index is 0.541. The monoisotopic (exact) mass is 332 g/mol. The van der Waals surface area contributed by atoms with Crippen molar-refractivity contribution >= 4 is 28.9 Å². The van der Waals surface area contributed by atoms with Gasteiger partial charge >= 0.3 is 0 Å². The van der Waals surface area contributed by atoms with Crippen LogP contribution in [-0.4, -0.2) is 18.1 Å².